The zero-order chi connectivity index (χ0) is 19.6. The van der Waals surface area contributed by atoms with Crippen LogP contribution in [0.1, 0.15) is 29.5 Å². The van der Waals surface area contributed by atoms with E-state index in [0.29, 0.717) is 17.2 Å². The molecule has 0 aliphatic heterocycles. The highest BCUT2D eigenvalue weighted by atomic mass is 32.2. The number of Topliss-reactive ketones (excluding diaryl/α,β-unsaturated/α-hetero) is 1. The third kappa shape index (κ3) is 4.72. The van der Waals surface area contributed by atoms with Gasteiger partial charge in [-0.1, -0.05) is 17.8 Å². The molecule has 0 saturated heterocycles. The van der Waals surface area contributed by atoms with Gasteiger partial charge in [-0.25, -0.2) is 9.98 Å². The molecule has 0 amide bonds. The molecule has 0 unspecified atom stereocenters. The second-order valence-corrected chi connectivity index (χ2v) is 7.30. The molecule has 6 nitrogen and oxygen atoms in total. The SMILES string of the molecule is CSc1nc(/N=C/C(C(=O)C(F)(F)F)=C(\O)c2cccs2)nc(C2CC2)n1. The molecule has 0 bridgehead atoms. The number of alkyl halides is 3. The zero-order valence-electron chi connectivity index (χ0n) is 13.9. The van der Waals surface area contributed by atoms with Crippen molar-refractivity contribution < 1.29 is 23.1 Å². The lowest BCUT2D eigenvalue weighted by Crippen LogP contribution is -2.26. The number of nitrogens with zero attached hydrogens (tertiary/aromatic N) is 4. The summed E-state index contributed by atoms with van der Waals surface area (Å²) in [6, 6.07) is 2.94. The lowest BCUT2D eigenvalue weighted by atomic mass is 10.1. The monoisotopic (exact) mass is 414 g/mol. The predicted octanol–water partition coefficient (Wildman–Crippen LogP) is 4.34. The van der Waals surface area contributed by atoms with Gasteiger partial charge in [0.05, 0.1) is 10.5 Å². The van der Waals surface area contributed by atoms with Crippen molar-refractivity contribution in [3.8, 4) is 0 Å². The van der Waals surface area contributed by atoms with E-state index in [-0.39, 0.29) is 16.7 Å². The van der Waals surface area contributed by atoms with Crippen molar-refractivity contribution in [1.29, 1.82) is 0 Å². The molecule has 11 heteroatoms. The molecule has 142 valence electrons. The molecule has 2 aromatic heterocycles. The van der Waals surface area contributed by atoms with E-state index >= 15 is 0 Å². The Hall–Kier alpha value is -2.27. The normalized spacial score (nSPS) is 15.9. The summed E-state index contributed by atoms with van der Waals surface area (Å²) in [4.78, 5) is 28.1. The fourth-order valence-electron chi connectivity index (χ4n) is 2.08. The van der Waals surface area contributed by atoms with Crippen LogP contribution in [0.15, 0.2) is 33.2 Å². The number of allylic oxidation sites excluding steroid dienone is 1. The van der Waals surface area contributed by atoms with Gasteiger partial charge in [0.1, 0.15) is 11.6 Å². The number of carbonyl (C=O) groups excluding carboxylic acids is 1. The van der Waals surface area contributed by atoms with E-state index in [1.807, 2.05) is 0 Å². The number of aliphatic hydroxyl groups is 1. The Morgan fingerprint density at radius 1 is 1.37 bits per heavy atom. The van der Waals surface area contributed by atoms with Crippen LogP contribution < -0.4 is 0 Å². The summed E-state index contributed by atoms with van der Waals surface area (Å²) < 4.78 is 38.8. The van der Waals surface area contributed by atoms with Crippen molar-refractivity contribution in [3.05, 3.63) is 33.8 Å². The molecular weight excluding hydrogens is 401 g/mol. The average Bonchev–Trinajstić information content (AvgIpc) is 3.34. The van der Waals surface area contributed by atoms with Crippen LogP contribution in [0.5, 0.6) is 0 Å². The largest absolute Gasteiger partial charge is 0.506 e. The lowest BCUT2D eigenvalue weighted by Gasteiger charge is -2.08. The molecule has 1 saturated carbocycles. The molecule has 2 heterocycles. The van der Waals surface area contributed by atoms with E-state index in [4.69, 9.17) is 0 Å². The number of halogens is 3. The molecule has 3 rings (SSSR count). The maximum Gasteiger partial charge on any atom is 0.455 e. The molecule has 1 N–H and O–H groups in total. The minimum Gasteiger partial charge on any atom is -0.506 e. The molecule has 0 radical (unpaired) electrons. The molecule has 1 aliphatic carbocycles. The number of rotatable bonds is 6. The third-order valence-electron chi connectivity index (χ3n) is 3.57. The van der Waals surface area contributed by atoms with Crippen molar-refractivity contribution in [1.82, 2.24) is 15.0 Å². The van der Waals surface area contributed by atoms with Crippen molar-refractivity contribution in [2.45, 2.75) is 30.1 Å². The number of aliphatic hydroxyl groups excluding tert-OH is 1. The summed E-state index contributed by atoms with van der Waals surface area (Å²) in [6.45, 7) is 0. The summed E-state index contributed by atoms with van der Waals surface area (Å²) in [6.07, 6.45) is -0.896. The van der Waals surface area contributed by atoms with E-state index in [2.05, 4.69) is 19.9 Å². The van der Waals surface area contributed by atoms with E-state index in [0.717, 1.165) is 24.2 Å². The Morgan fingerprint density at radius 3 is 2.67 bits per heavy atom. The van der Waals surface area contributed by atoms with Gasteiger partial charge in [0.2, 0.25) is 0 Å². The highest BCUT2D eigenvalue weighted by molar-refractivity contribution is 7.98. The number of aliphatic imine (C=N–C) groups is 1. The minimum atomic E-state index is -5.16. The summed E-state index contributed by atoms with van der Waals surface area (Å²) in [7, 11) is 0. The number of carbonyl (C=O) groups is 1. The molecule has 0 atom stereocenters. The van der Waals surface area contributed by atoms with E-state index in [9.17, 15) is 23.1 Å². The quantitative estimate of drug-likeness (QED) is 0.328. The Balaban J connectivity index is 2.01. The van der Waals surface area contributed by atoms with Crippen LogP contribution in [-0.4, -0.2) is 44.5 Å². The molecule has 2 aromatic rings. The topological polar surface area (TPSA) is 88.3 Å². The van der Waals surface area contributed by atoms with Crippen LogP contribution in [0.25, 0.3) is 5.76 Å². The van der Waals surface area contributed by atoms with Gasteiger partial charge < -0.3 is 5.11 Å². The third-order valence-corrected chi connectivity index (χ3v) is 4.99. The second kappa shape index (κ2) is 7.77. The molecule has 1 aliphatic rings. The minimum absolute atomic E-state index is 0.109. The van der Waals surface area contributed by atoms with Crippen LogP contribution in [0.3, 0.4) is 0 Å². The number of aromatic nitrogens is 3. The summed E-state index contributed by atoms with van der Waals surface area (Å²) in [5.41, 5.74) is -0.968. The highest BCUT2D eigenvalue weighted by Gasteiger charge is 2.42. The molecule has 0 aromatic carbocycles. The Kier molecular flexibility index (Phi) is 5.61. The van der Waals surface area contributed by atoms with E-state index in [1.165, 1.54) is 17.8 Å². The van der Waals surface area contributed by atoms with Crippen LogP contribution in [0, 0.1) is 0 Å². The first-order chi connectivity index (χ1) is 12.8. The van der Waals surface area contributed by atoms with E-state index in [1.54, 1.807) is 17.7 Å². The van der Waals surface area contributed by atoms with Gasteiger partial charge in [-0.3, -0.25) is 4.79 Å². The predicted molar refractivity (Wildman–Crippen MR) is 96.7 cm³/mol. The second-order valence-electron chi connectivity index (χ2n) is 5.58. The average molecular weight is 414 g/mol. The van der Waals surface area contributed by atoms with Gasteiger partial charge in [-0.15, -0.1) is 11.3 Å². The van der Waals surface area contributed by atoms with Crippen molar-refractivity contribution in [3.63, 3.8) is 0 Å². The standard InChI is InChI=1S/C16H13F3N4O2S2/c1-26-15-22-13(8-4-5-8)21-14(23-15)20-7-9(12(25)16(17,18)19)11(24)10-3-2-6-27-10/h2-3,6-8,24H,4-5H2,1H3/b11-9+,20-7+. The fourth-order valence-corrected chi connectivity index (χ4v) is 3.12. The van der Waals surface area contributed by atoms with Crippen LogP contribution in [0.4, 0.5) is 19.1 Å². The number of thioether (sulfide) groups is 1. The van der Waals surface area contributed by atoms with Gasteiger partial charge in [-0.05, 0) is 30.5 Å². The van der Waals surface area contributed by atoms with Gasteiger partial charge in [0.15, 0.2) is 5.16 Å². The van der Waals surface area contributed by atoms with Crippen molar-refractivity contribution in [2.75, 3.05) is 6.26 Å². The van der Waals surface area contributed by atoms with Crippen LogP contribution in [0.2, 0.25) is 0 Å². The number of hydrogen-bond acceptors (Lipinski definition) is 8. The fraction of sp³-hybridized carbons (Fsp3) is 0.312. The van der Waals surface area contributed by atoms with Crippen molar-refractivity contribution >= 4 is 46.8 Å². The first-order valence-corrected chi connectivity index (χ1v) is 9.82. The molecule has 0 spiro atoms. The number of thiophene rings is 1. The first-order valence-electron chi connectivity index (χ1n) is 7.72. The maximum atomic E-state index is 12.9. The van der Waals surface area contributed by atoms with Gasteiger partial charge in [-0.2, -0.15) is 23.1 Å². The lowest BCUT2D eigenvalue weighted by molar-refractivity contribution is -0.165. The number of hydrogen-bond donors (Lipinski definition) is 1. The van der Waals surface area contributed by atoms with Gasteiger partial charge in [0, 0.05) is 12.1 Å². The molecule has 1 fully saturated rings. The maximum absolute atomic E-state index is 12.9. The smallest absolute Gasteiger partial charge is 0.455 e. The van der Waals surface area contributed by atoms with Crippen LogP contribution >= 0.6 is 23.1 Å². The summed E-state index contributed by atoms with van der Waals surface area (Å²) >= 11 is 2.24. The Morgan fingerprint density at radius 2 is 2.11 bits per heavy atom. The van der Waals surface area contributed by atoms with Gasteiger partial charge in [0.25, 0.3) is 11.7 Å². The molecular formula is C16H13F3N4O2S2. The van der Waals surface area contributed by atoms with E-state index < -0.39 is 23.3 Å². The van der Waals surface area contributed by atoms with Crippen molar-refractivity contribution in [2.24, 2.45) is 4.99 Å². The number of ketones is 1. The van der Waals surface area contributed by atoms with Crippen LogP contribution in [-0.2, 0) is 4.79 Å². The Bertz CT molecular complexity index is 907. The summed E-state index contributed by atoms with van der Waals surface area (Å²) in [5.74, 6) is -2.38. The molecule has 27 heavy (non-hydrogen) atoms. The zero-order valence-corrected chi connectivity index (χ0v) is 15.5. The van der Waals surface area contributed by atoms with Gasteiger partial charge >= 0.3 is 6.18 Å². The highest BCUT2D eigenvalue weighted by Crippen LogP contribution is 2.38. The summed E-state index contributed by atoms with van der Waals surface area (Å²) in [5, 5.41) is 12.1. The Labute approximate surface area is 160 Å². The first kappa shape index (κ1) is 19.5.